The lowest BCUT2D eigenvalue weighted by Crippen LogP contribution is -2.50. The lowest BCUT2D eigenvalue weighted by atomic mass is 10.0. The number of fused-ring (bicyclic) bond motifs is 2. The molecule has 0 spiro atoms. The zero-order valence-corrected chi connectivity index (χ0v) is 34.5. The molecule has 4 N–H and O–H groups in total. The lowest BCUT2D eigenvalue weighted by Gasteiger charge is -2.27. The first-order chi connectivity index (χ1) is 28.6. The topological polar surface area (TPSA) is 217 Å². The van der Waals surface area contributed by atoms with Crippen molar-refractivity contribution in [2.45, 2.75) is 55.4 Å². The summed E-state index contributed by atoms with van der Waals surface area (Å²) in [5.74, 6) is -7.66. The molecule has 0 fully saturated rings. The first-order valence-electron chi connectivity index (χ1n) is 17.9. The SMILES string of the molecule is C[C@@](CCN1Cc2cc(-c3ccc(C(F)(F)F)cc3F)cn2C1=O)(C(=O)NO)S(C)(=O)=O.C[C@@](CCN1Cc2cc(-c3ccc(F)c(F)c3F)cn2C1=O)(C(=O)NO)S(C)(=O)=O. The predicted octanol–water partition coefficient (Wildman–Crippen LogP) is 4.85. The molecule has 336 valence electrons. The van der Waals surface area contributed by atoms with Crippen molar-refractivity contribution in [2.24, 2.45) is 0 Å². The molecular weight excluding hydrogens is 886 g/mol. The number of hydroxylamine groups is 2. The van der Waals surface area contributed by atoms with Gasteiger partial charge in [0.05, 0.1) is 18.7 Å². The molecule has 0 aliphatic carbocycles. The Morgan fingerprint density at radius 2 is 1.08 bits per heavy atom. The number of nitrogens with one attached hydrogen (secondary N) is 2. The van der Waals surface area contributed by atoms with Crippen molar-refractivity contribution in [1.29, 1.82) is 0 Å². The van der Waals surface area contributed by atoms with E-state index in [9.17, 15) is 66.7 Å². The molecule has 4 amide bonds. The Labute approximate surface area is 348 Å². The van der Waals surface area contributed by atoms with Crippen LogP contribution in [0, 0.1) is 23.3 Å². The van der Waals surface area contributed by atoms with Crippen molar-refractivity contribution in [3.8, 4) is 22.3 Å². The molecule has 2 aromatic carbocycles. The summed E-state index contributed by atoms with van der Waals surface area (Å²) >= 11 is 0. The summed E-state index contributed by atoms with van der Waals surface area (Å²) in [6.07, 6.45) is -1.04. The minimum atomic E-state index is -4.69. The van der Waals surface area contributed by atoms with Crippen LogP contribution in [0.3, 0.4) is 0 Å². The summed E-state index contributed by atoms with van der Waals surface area (Å²) < 4.78 is 140. The zero-order valence-electron chi connectivity index (χ0n) is 32.9. The largest absolute Gasteiger partial charge is 0.416 e. The maximum Gasteiger partial charge on any atom is 0.416 e. The van der Waals surface area contributed by atoms with Crippen molar-refractivity contribution in [2.75, 3.05) is 25.6 Å². The molecule has 2 aliphatic rings. The Morgan fingerprint density at radius 3 is 1.45 bits per heavy atom. The molecule has 25 heteroatoms. The van der Waals surface area contributed by atoms with Gasteiger partial charge < -0.3 is 9.80 Å². The van der Waals surface area contributed by atoms with Crippen LogP contribution in [-0.2, 0) is 48.5 Å². The molecule has 4 aromatic rings. The second-order valence-electron chi connectivity index (χ2n) is 14.9. The van der Waals surface area contributed by atoms with Crippen LogP contribution in [-0.4, -0.2) is 105 Å². The zero-order chi connectivity index (χ0) is 46.5. The first-order valence-corrected chi connectivity index (χ1v) is 21.7. The van der Waals surface area contributed by atoms with Gasteiger partial charge in [-0.1, -0.05) is 6.07 Å². The Morgan fingerprint density at radius 1 is 0.661 bits per heavy atom. The quantitative estimate of drug-likeness (QED) is 0.0656. The van der Waals surface area contributed by atoms with Crippen molar-refractivity contribution in [1.82, 2.24) is 29.9 Å². The van der Waals surface area contributed by atoms with Gasteiger partial charge in [0, 0.05) is 71.6 Å². The highest BCUT2D eigenvalue weighted by atomic mass is 32.2. The fraction of sp³-hybridized carbons (Fsp3) is 0.351. The summed E-state index contributed by atoms with van der Waals surface area (Å²) in [6, 6.07) is 5.70. The number of sulfone groups is 2. The molecule has 6 rings (SSSR count). The van der Waals surface area contributed by atoms with Gasteiger partial charge in [-0.2, -0.15) is 13.2 Å². The van der Waals surface area contributed by atoms with E-state index >= 15 is 0 Å². The molecule has 0 bridgehead atoms. The van der Waals surface area contributed by atoms with Crippen LogP contribution in [0.25, 0.3) is 22.3 Å². The lowest BCUT2D eigenvalue weighted by molar-refractivity contribution is -0.137. The van der Waals surface area contributed by atoms with Crippen LogP contribution >= 0.6 is 0 Å². The summed E-state index contributed by atoms with van der Waals surface area (Å²) in [5, 5.41) is 17.7. The summed E-state index contributed by atoms with van der Waals surface area (Å²) in [7, 11) is -7.86. The molecule has 2 atom stereocenters. The number of hydrogen-bond donors (Lipinski definition) is 4. The number of halogens is 7. The van der Waals surface area contributed by atoms with Crippen LogP contribution in [0.2, 0.25) is 0 Å². The van der Waals surface area contributed by atoms with Crippen molar-refractivity contribution in [3.63, 3.8) is 0 Å². The summed E-state index contributed by atoms with van der Waals surface area (Å²) in [4.78, 5) is 51.6. The average Bonchev–Trinajstić information content (AvgIpc) is 3.94. The van der Waals surface area contributed by atoms with Gasteiger partial charge in [-0.25, -0.2) is 54.9 Å². The fourth-order valence-electron chi connectivity index (χ4n) is 6.63. The first kappa shape index (κ1) is 47.3. The number of hydrogen-bond acceptors (Lipinski definition) is 10. The maximum atomic E-state index is 14.3. The predicted molar refractivity (Wildman–Crippen MR) is 203 cm³/mol. The summed E-state index contributed by atoms with van der Waals surface area (Å²) in [6.45, 7) is 2.05. The van der Waals surface area contributed by atoms with E-state index in [1.165, 1.54) is 54.4 Å². The van der Waals surface area contributed by atoms with Crippen LogP contribution in [0.5, 0.6) is 0 Å². The number of rotatable bonds is 12. The minimum absolute atomic E-state index is 0.0155. The normalized spacial score (nSPS) is 16.0. The van der Waals surface area contributed by atoms with E-state index in [0.29, 0.717) is 17.5 Å². The number of nitrogens with zero attached hydrogens (tertiary/aromatic N) is 4. The van der Waals surface area contributed by atoms with Crippen LogP contribution < -0.4 is 11.0 Å². The Bertz CT molecular complexity index is 2710. The number of alkyl halides is 3. The molecule has 0 unspecified atom stereocenters. The van der Waals surface area contributed by atoms with Gasteiger partial charge in [0.25, 0.3) is 11.8 Å². The van der Waals surface area contributed by atoms with Gasteiger partial charge in [-0.3, -0.25) is 29.1 Å². The van der Waals surface area contributed by atoms with E-state index < -0.39 is 88.1 Å². The maximum absolute atomic E-state index is 14.3. The monoisotopic (exact) mass is 922 g/mol. The number of carbonyl (C=O) groups is 4. The molecule has 0 saturated heterocycles. The number of amides is 4. The van der Waals surface area contributed by atoms with Gasteiger partial charge >= 0.3 is 18.2 Å². The van der Waals surface area contributed by atoms with E-state index in [1.54, 1.807) is 0 Å². The second kappa shape index (κ2) is 16.8. The third-order valence-electron chi connectivity index (χ3n) is 10.9. The number of benzene rings is 2. The van der Waals surface area contributed by atoms with Gasteiger partial charge in [-0.05, 0) is 63.1 Å². The minimum Gasteiger partial charge on any atom is -0.318 e. The van der Waals surface area contributed by atoms with Crippen LogP contribution in [0.4, 0.5) is 40.3 Å². The second-order valence-corrected chi connectivity index (χ2v) is 19.8. The molecule has 0 radical (unpaired) electrons. The Kier molecular flexibility index (Phi) is 12.8. The Balaban J connectivity index is 0.000000235. The smallest absolute Gasteiger partial charge is 0.318 e. The van der Waals surface area contributed by atoms with Gasteiger partial charge in [0.2, 0.25) is 0 Å². The molecule has 62 heavy (non-hydrogen) atoms. The molecule has 2 aliphatic heterocycles. The van der Waals surface area contributed by atoms with Crippen molar-refractivity contribution in [3.05, 3.63) is 95.1 Å². The van der Waals surface area contributed by atoms with E-state index in [0.717, 1.165) is 50.6 Å². The van der Waals surface area contributed by atoms with Crippen molar-refractivity contribution >= 4 is 43.6 Å². The molecule has 2 aromatic heterocycles. The van der Waals surface area contributed by atoms with E-state index in [-0.39, 0.29) is 61.3 Å². The molecule has 0 saturated carbocycles. The van der Waals surface area contributed by atoms with Gasteiger partial charge in [-0.15, -0.1) is 0 Å². The summed E-state index contributed by atoms with van der Waals surface area (Å²) in [5.41, 5.74) is 2.43. The highest BCUT2D eigenvalue weighted by Gasteiger charge is 2.46. The number of aromatic nitrogens is 2. The van der Waals surface area contributed by atoms with E-state index in [2.05, 4.69) is 0 Å². The standard InChI is InChI=1S/C19H19F4N3O5S.C18H18F3N3O5S/c1-18(16(27)24-29,32(2,30)31)5-6-25-10-13-7-11(9-26(13)17(25)28)14-4-3-12(8-15(14)20)19(21,22)23;1-18(16(25)22-27,30(2,28)29)5-6-23-9-11-7-10(8-24(11)17(23)26)12-3-4-13(19)15(21)14(12)20/h3-4,7-9,29H,5-6,10H2,1-2H3,(H,24,27);3-4,7-8,27H,5-6,9H2,1-2H3,(H,22,25)/t2*18-/m11/s1. The Hall–Kier alpha value is -5.79. The van der Waals surface area contributed by atoms with Gasteiger partial charge in [0.15, 0.2) is 46.6 Å². The fourth-order valence-corrected chi connectivity index (χ4v) is 8.32. The van der Waals surface area contributed by atoms with Gasteiger partial charge in [0.1, 0.15) is 5.82 Å². The average molecular weight is 923 g/mol. The van der Waals surface area contributed by atoms with E-state index in [4.69, 9.17) is 10.4 Å². The molecule has 4 heterocycles. The van der Waals surface area contributed by atoms with Crippen LogP contribution in [0.1, 0.15) is 43.6 Å². The molecular formula is C37H37F7N6O10S2. The highest BCUT2D eigenvalue weighted by molar-refractivity contribution is 7.93. The highest BCUT2D eigenvalue weighted by Crippen LogP contribution is 2.35. The third kappa shape index (κ3) is 8.78. The van der Waals surface area contributed by atoms with Crippen molar-refractivity contribution < 1.29 is 77.2 Å². The van der Waals surface area contributed by atoms with E-state index in [1.807, 2.05) is 0 Å². The molecule has 16 nitrogen and oxygen atoms in total. The number of carbonyl (C=O) groups excluding carboxylic acids is 4. The third-order valence-corrected chi connectivity index (χ3v) is 15.0. The van der Waals surface area contributed by atoms with Crippen LogP contribution in [0.15, 0.2) is 54.9 Å².